The predicted octanol–water partition coefficient (Wildman–Crippen LogP) is 0.884. The van der Waals surface area contributed by atoms with Crippen LogP contribution < -0.4 is 5.32 Å². The van der Waals surface area contributed by atoms with E-state index in [1.807, 2.05) is 29.2 Å². The molecule has 1 rings (SSSR count). The molecule has 1 aromatic carbocycles. The summed E-state index contributed by atoms with van der Waals surface area (Å²) >= 11 is 5.07. The van der Waals surface area contributed by atoms with Crippen LogP contribution >= 0.6 is 12.2 Å². The fourth-order valence-corrected chi connectivity index (χ4v) is 4.32. The first-order chi connectivity index (χ1) is 18.4. The Morgan fingerprint density at radius 3 is 1.82 bits per heavy atom. The van der Waals surface area contributed by atoms with E-state index in [4.69, 9.17) is 22.7 Å². The predicted molar refractivity (Wildman–Crippen MR) is 145 cm³/mol. The highest BCUT2D eigenvalue weighted by Gasteiger charge is 2.27. The number of carboxylic acid groups (broad SMARTS) is 3. The van der Waals surface area contributed by atoms with E-state index in [0.717, 1.165) is 11.3 Å². The summed E-state index contributed by atoms with van der Waals surface area (Å²) in [6.07, 6.45) is 0.437. The molecular formula is C24H38N4O10S. The van der Waals surface area contributed by atoms with Gasteiger partial charge in [0.1, 0.15) is 0 Å². The van der Waals surface area contributed by atoms with Gasteiger partial charge in [0.25, 0.3) is 0 Å². The maximum Gasteiger partial charge on any atom is 0.317 e. The molecule has 0 bridgehead atoms. The molecule has 0 heterocycles. The maximum atomic E-state index is 11.7. The number of hydrogen-bond donors (Lipinski definition) is 6. The number of aliphatic carboxylic acids is 3. The summed E-state index contributed by atoms with van der Waals surface area (Å²) in [5, 5.41) is 48.9. The van der Waals surface area contributed by atoms with Gasteiger partial charge in [0.15, 0.2) is 0 Å². The summed E-state index contributed by atoms with van der Waals surface area (Å²) in [5.74, 6) is -3.52. The Hall–Kier alpha value is -2.76. The largest absolute Gasteiger partial charge is 0.480 e. The summed E-state index contributed by atoms with van der Waals surface area (Å²) in [5.41, 5.74) is 1.72. The second-order valence-electron chi connectivity index (χ2n) is 9.07. The fraction of sp³-hybridized carbons (Fsp3) is 0.583. The van der Waals surface area contributed by atoms with E-state index < -0.39 is 37.0 Å². The molecule has 0 saturated heterocycles. The third-order valence-electron chi connectivity index (χ3n) is 5.85. The average molecular weight is 575 g/mol. The molecular weight excluding hydrogens is 536 g/mol. The topological polar surface area (TPSA) is 193 Å². The molecule has 0 aliphatic rings. The second-order valence-corrected chi connectivity index (χ2v) is 9.68. The molecule has 0 spiro atoms. The zero-order valence-corrected chi connectivity index (χ0v) is 22.9. The van der Waals surface area contributed by atoms with Crippen molar-refractivity contribution in [1.29, 1.82) is 0 Å². The van der Waals surface area contributed by atoms with E-state index in [-0.39, 0.29) is 52.0 Å². The van der Waals surface area contributed by atoms with Crippen molar-refractivity contribution in [2.24, 2.45) is 0 Å². The lowest BCUT2D eigenvalue weighted by Gasteiger charge is -2.37. The summed E-state index contributed by atoms with van der Waals surface area (Å²) in [6.45, 7) is 2.57. The highest BCUT2D eigenvalue weighted by Crippen LogP contribution is 2.16. The van der Waals surface area contributed by atoms with Crippen LogP contribution in [0, 0.1) is 0 Å². The van der Waals surface area contributed by atoms with Gasteiger partial charge in [-0.25, -0.2) is 9.78 Å². The van der Waals surface area contributed by atoms with E-state index >= 15 is 0 Å². The molecule has 1 aromatic rings. The lowest BCUT2D eigenvalue weighted by atomic mass is 10.0. The number of thiocarbonyl (C=S) groups is 1. The van der Waals surface area contributed by atoms with Gasteiger partial charge >= 0.3 is 17.9 Å². The minimum atomic E-state index is -1.20. The molecule has 0 aliphatic carbocycles. The van der Waals surface area contributed by atoms with E-state index in [1.165, 1.54) is 4.90 Å². The van der Waals surface area contributed by atoms with Crippen LogP contribution in [0.25, 0.3) is 0 Å². The van der Waals surface area contributed by atoms with Gasteiger partial charge in [-0.3, -0.25) is 39.6 Å². The molecule has 2 unspecified atom stereocenters. The maximum absolute atomic E-state index is 11.7. The van der Waals surface area contributed by atoms with Crippen molar-refractivity contribution in [2.45, 2.75) is 32.4 Å². The number of carbonyl (C=O) groups is 3. The first kappa shape index (κ1) is 34.3. The van der Waals surface area contributed by atoms with Crippen molar-refractivity contribution < 1.29 is 50.0 Å². The van der Waals surface area contributed by atoms with Crippen LogP contribution in [0.5, 0.6) is 0 Å². The number of nitrogens with zero attached hydrogens (tertiary/aromatic N) is 3. The third-order valence-corrected chi connectivity index (χ3v) is 5.95. The Bertz CT molecular complexity index is 897. The van der Waals surface area contributed by atoms with Gasteiger partial charge in [0, 0.05) is 44.0 Å². The normalized spacial score (nSPS) is 13.0. The van der Waals surface area contributed by atoms with Gasteiger partial charge in [0.05, 0.1) is 37.8 Å². The van der Waals surface area contributed by atoms with E-state index in [1.54, 1.807) is 18.7 Å². The summed E-state index contributed by atoms with van der Waals surface area (Å²) in [4.78, 5) is 48.1. The lowest BCUT2D eigenvalue weighted by Crippen LogP contribution is -2.52. The molecule has 0 radical (unpaired) electrons. The summed E-state index contributed by atoms with van der Waals surface area (Å²) < 4.78 is 0. The van der Waals surface area contributed by atoms with E-state index in [2.05, 4.69) is 15.1 Å². The van der Waals surface area contributed by atoms with Crippen LogP contribution in [-0.2, 0) is 30.6 Å². The zero-order valence-electron chi connectivity index (χ0n) is 22.1. The number of rotatable bonds is 21. The first-order valence-corrected chi connectivity index (χ1v) is 12.6. The number of carboxylic acids is 3. The zero-order chi connectivity index (χ0) is 29.4. The molecule has 6 N–H and O–H groups in total. The second kappa shape index (κ2) is 18.5. The highest BCUT2D eigenvalue weighted by atomic mass is 32.1. The van der Waals surface area contributed by atoms with Gasteiger partial charge in [-0.05, 0) is 38.0 Å². The number of benzene rings is 1. The average Bonchev–Trinajstić information content (AvgIpc) is 2.83. The van der Waals surface area contributed by atoms with Crippen molar-refractivity contribution in [3.05, 3.63) is 29.8 Å². The molecule has 0 aliphatic heterocycles. The minimum Gasteiger partial charge on any atom is -0.480 e. The van der Waals surface area contributed by atoms with Crippen molar-refractivity contribution in [3.8, 4) is 0 Å². The molecule has 0 aromatic heterocycles. The smallest absolute Gasteiger partial charge is 0.317 e. The Kier molecular flexibility index (Phi) is 16.3. The van der Waals surface area contributed by atoms with Crippen molar-refractivity contribution in [3.63, 3.8) is 0 Å². The Morgan fingerprint density at radius 2 is 1.38 bits per heavy atom. The summed E-state index contributed by atoms with van der Waals surface area (Å²) in [6, 6.07) is 6.53. The van der Waals surface area contributed by atoms with Gasteiger partial charge in [-0.1, -0.05) is 24.4 Å². The van der Waals surface area contributed by atoms with Gasteiger partial charge in [-0.15, -0.1) is 0 Å². The highest BCUT2D eigenvalue weighted by molar-refractivity contribution is 7.80. The Labute approximate surface area is 232 Å². The van der Waals surface area contributed by atoms with Crippen LogP contribution in [0.1, 0.15) is 19.4 Å². The molecule has 15 heteroatoms. The standard InChI is InChI=1S/C24H38N4O10S/c1-17(28(15-23(31)32)16-24(33)34)12-26(14-22(29)30)13-21(27(7-9-37-35)8-10-38-36)11-19-3-5-20(6-4-19)25-18(2)39/h3-6,17,21,35-36H,7-16H2,1-2H3,(H,25,39)(H,29,30)(H,31,32)(H,33,34). The Morgan fingerprint density at radius 1 is 0.872 bits per heavy atom. The lowest BCUT2D eigenvalue weighted by molar-refractivity contribution is -0.253. The molecule has 14 nitrogen and oxygen atoms in total. The quantitative estimate of drug-likeness (QED) is 0.0688. The van der Waals surface area contributed by atoms with Crippen LogP contribution in [0.2, 0.25) is 0 Å². The van der Waals surface area contributed by atoms with Gasteiger partial charge in [0.2, 0.25) is 0 Å². The molecule has 220 valence electrons. The molecule has 0 saturated carbocycles. The molecule has 2 atom stereocenters. The first-order valence-electron chi connectivity index (χ1n) is 12.2. The van der Waals surface area contributed by atoms with Gasteiger partial charge < -0.3 is 20.6 Å². The number of hydrogen-bond acceptors (Lipinski definition) is 11. The van der Waals surface area contributed by atoms with Crippen LogP contribution in [0.3, 0.4) is 0 Å². The number of nitrogens with one attached hydrogen (secondary N) is 1. The van der Waals surface area contributed by atoms with Crippen molar-refractivity contribution in [2.75, 3.05) is 64.3 Å². The van der Waals surface area contributed by atoms with Crippen molar-refractivity contribution in [1.82, 2.24) is 14.7 Å². The fourth-order valence-electron chi connectivity index (χ4n) is 4.20. The number of anilines is 1. The van der Waals surface area contributed by atoms with Gasteiger partial charge in [-0.2, -0.15) is 0 Å². The van der Waals surface area contributed by atoms with Crippen LogP contribution in [0.4, 0.5) is 5.69 Å². The summed E-state index contributed by atoms with van der Waals surface area (Å²) in [7, 11) is 0. The Balaban J connectivity index is 3.25. The van der Waals surface area contributed by atoms with E-state index in [0.29, 0.717) is 11.4 Å². The van der Waals surface area contributed by atoms with Crippen LogP contribution in [-0.4, -0.2) is 135 Å². The monoisotopic (exact) mass is 574 g/mol. The third kappa shape index (κ3) is 14.8. The van der Waals surface area contributed by atoms with Crippen LogP contribution in [0.15, 0.2) is 24.3 Å². The molecule has 39 heavy (non-hydrogen) atoms. The van der Waals surface area contributed by atoms with Crippen molar-refractivity contribution >= 4 is 40.8 Å². The molecule has 0 fully saturated rings. The minimum absolute atomic E-state index is 0.0565. The molecule has 0 amide bonds. The van der Waals surface area contributed by atoms with E-state index in [9.17, 15) is 29.7 Å². The SMILES string of the molecule is CC(=S)Nc1ccc(CC(CN(CC(=O)O)CC(C)N(CC(=O)O)CC(=O)O)N(CCOO)CCOO)cc1.